The topological polar surface area (TPSA) is 32.3 Å². The van der Waals surface area contributed by atoms with Gasteiger partial charge >= 0.3 is 0 Å². The normalized spacial score (nSPS) is 24.4. The summed E-state index contributed by atoms with van der Waals surface area (Å²) in [6, 6.07) is 10.2. The fourth-order valence-corrected chi connectivity index (χ4v) is 2.81. The van der Waals surface area contributed by atoms with Gasteiger partial charge in [0.1, 0.15) is 6.61 Å². The highest BCUT2D eigenvalue weighted by atomic mass is 19.3. The predicted octanol–water partition coefficient (Wildman–Crippen LogP) is 2.93. The number of rotatable bonds is 5. The molecule has 2 atom stereocenters. The van der Waals surface area contributed by atoms with Gasteiger partial charge in [-0.1, -0.05) is 43.2 Å². The van der Waals surface area contributed by atoms with Crippen LogP contribution in [-0.4, -0.2) is 30.2 Å². The van der Waals surface area contributed by atoms with Crippen molar-refractivity contribution in [2.75, 3.05) is 13.2 Å². The summed E-state index contributed by atoms with van der Waals surface area (Å²) in [5.41, 5.74) is 1.21. The summed E-state index contributed by atoms with van der Waals surface area (Å²) in [6.45, 7) is -1.54. The molecule has 0 aliphatic heterocycles. The van der Waals surface area contributed by atoms with E-state index < -0.39 is 19.1 Å². The molecule has 106 valence electrons. The van der Waals surface area contributed by atoms with E-state index in [0.29, 0.717) is 5.92 Å². The van der Waals surface area contributed by atoms with E-state index in [2.05, 4.69) is 17.4 Å². The van der Waals surface area contributed by atoms with Crippen LogP contribution < -0.4 is 5.32 Å². The van der Waals surface area contributed by atoms with Gasteiger partial charge in [0.05, 0.1) is 6.54 Å². The van der Waals surface area contributed by atoms with E-state index in [1.165, 1.54) is 5.56 Å². The highest BCUT2D eigenvalue weighted by Gasteiger charge is 2.32. The van der Waals surface area contributed by atoms with Crippen molar-refractivity contribution >= 4 is 0 Å². The van der Waals surface area contributed by atoms with Crippen molar-refractivity contribution in [3.63, 3.8) is 0 Å². The zero-order valence-corrected chi connectivity index (χ0v) is 11.0. The van der Waals surface area contributed by atoms with Gasteiger partial charge in [0, 0.05) is 6.04 Å². The van der Waals surface area contributed by atoms with Crippen LogP contribution in [0.15, 0.2) is 30.3 Å². The smallest absolute Gasteiger partial charge is 0.282 e. The number of hydrogen-bond donors (Lipinski definition) is 2. The Labute approximate surface area is 112 Å². The zero-order chi connectivity index (χ0) is 13.7. The summed E-state index contributed by atoms with van der Waals surface area (Å²) in [5, 5.41) is 11.6. The molecule has 0 amide bonds. The molecule has 0 spiro atoms. The maximum Gasteiger partial charge on any atom is 0.282 e. The lowest BCUT2D eigenvalue weighted by atomic mass is 9.80. The van der Waals surface area contributed by atoms with E-state index in [-0.39, 0.29) is 6.04 Å². The van der Waals surface area contributed by atoms with Crippen molar-refractivity contribution in [1.82, 2.24) is 5.32 Å². The zero-order valence-electron chi connectivity index (χ0n) is 11.0. The van der Waals surface area contributed by atoms with Crippen LogP contribution in [0, 0.1) is 0 Å². The summed E-state index contributed by atoms with van der Waals surface area (Å²) in [4.78, 5) is 0. The molecule has 2 N–H and O–H groups in total. The molecule has 0 heterocycles. The molecule has 1 aliphatic carbocycles. The lowest BCUT2D eigenvalue weighted by Crippen LogP contribution is -2.44. The molecular weight excluding hydrogens is 248 g/mol. The van der Waals surface area contributed by atoms with Crippen molar-refractivity contribution in [3.8, 4) is 0 Å². The Bertz CT molecular complexity index is 383. The molecule has 1 aliphatic rings. The molecule has 0 saturated heterocycles. The van der Waals surface area contributed by atoms with Crippen LogP contribution in [0.3, 0.4) is 0 Å². The minimum Gasteiger partial charge on any atom is -0.390 e. The number of nitrogens with one attached hydrogen (secondary N) is 1. The number of halogens is 2. The molecule has 4 heteroatoms. The highest BCUT2D eigenvalue weighted by Crippen LogP contribution is 2.33. The molecule has 0 bridgehead atoms. The molecule has 0 aromatic heterocycles. The van der Waals surface area contributed by atoms with Crippen LogP contribution >= 0.6 is 0 Å². The minimum atomic E-state index is -3.03. The van der Waals surface area contributed by atoms with Crippen molar-refractivity contribution in [2.24, 2.45) is 0 Å². The summed E-state index contributed by atoms with van der Waals surface area (Å²) in [6.07, 6.45) is 4.17. The van der Waals surface area contributed by atoms with Gasteiger partial charge in [-0.15, -0.1) is 0 Å². The SMILES string of the molecule is OCC(F)(F)CNC1CCCCC1c1ccccc1. The second-order valence-corrected chi connectivity index (χ2v) is 5.30. The first-order chi connectivity index (χ1) is 9.12. The van der Waals surface area contributed by atoms with Crippen molar-refractivity contribution in [3.05, 3.63) is 35.9 Å². The number of hydrogen-bond acceptors (Lipinski definition) is 2. The molecular formula is C15H21F2NO. The van der Waals surface area contributed by atoms with Crippen LogP contribution in [-0.2, 0) is 0 Å². The minimum absolute atomic E-state index is 0.0774. The van der Waals surface area contributed by atoms with E-state index in [9.17, 15) is 8.78 Å². The molecule has 2 unspecified atom stereocenters. The monoisotopic (exact) mass is 269 g/mol. The average molecular weight is 269 g/mol. The Morgan fingerprint density at radius 1 is 1.16 bits per heavy atom. The third kappa shape index (κ3) is 3.98. The van der Waals surface area contributed by atoms with Crippen LogP contribution in [0.5, 0.6) is 0 Å². The number of benzene rings is 1. The quantitative estimate of drug-likeness (QED) is 0.861. The predicted molar refractivity (Wildman–Crippen MR) is 71.5 cm³/mol. The van der Waals surface area contributed by atoms with E-state index in [4.69, 9.17) is 5.11 Å². The Balaban J connectivity index is 2.01. The van der Waals surface area contributed by atoms with Gasteiger partial charge in [0.25, 0.3) is 5.92 Å². The number of aliphatic hydroxyl groups is 1. The van der Waals surface area contributed by atoms with Crippen molar-refractivity contribution in [2.45, 2.75) is 43.6 Å². The third-order valence-corrected chi connectivity index (χ3v) is 3.85. The number of alkyl halides is 2. The van der Waals surface area contributed by atoms with Gasteiger partial charge in [0.2, 0.25) is 0 Å². The second-order valence-electron chi connectivity index (χ2n) is 5.30. The van der Waals surface area contributed by atoms with E-state index in [1.54, 1.807) is 0 Å². The summed E-state index contributed by atoms with van der Waals surface area (Å²) in [5.74, 6) is -2.73. The first kappa shape index (κ1) is 14.4. The summed E-state index contributed by atoms with van der Waals surface area (Å²) >= 11 is 0. The van der Waals surface area contributed by atoms with Crippen molar-refractivity contribution in [1.29, 1.82) is 0 Å². The third-order valence-electron chi connectivity index (χ3n) is 3.85. The number of aliphatic hydroxyl groups excluding tert-OH is 1. The largest absolute Gasteiger partial charge is 0.390 e. The highest BCUT2D eigenvalue weighted by molar-refractivity contribution is 5.22. The lowest BCUT2D eigenvalue weighted by molar-refractivity contribution is -0.0503. The lowest BCUT2D eigenvalue weighted by Gasteiger charge is -2.33. The van der Waals surface area contributed by atoms with E-state index in [1.807, 2.05) is 18.2 Å². The van der Waals surface area contributed by atoms with Gasteiger partial charge in [-0.2, -0.15) is 0 Å². The fraction of sp³-hybridized carbons (Fsp3) is 0.600. The van der Waals surface area contributed by atoms with Crippen LogP contribution in [0.2, 0.25) is 0 Å². The summed E-state index contributed by atoms with van der Waals surface area (Å²) < 4.78 is 26.2. The van der Waals surface area contributed by atoms with Gasteiger partial charge in [0.15, 0.2) is 0 Å². The van der Waals surface area contributed by atoms with E-state index in [0.717, 1.165) is 25.7 Å². The average Bonchev–Trinajstić information content (AvgIpc) is 2.46. The molecule has 19 heavy (non-hydrogen) atoms. The van der Waals surface area contributed by atoms with Crippen LogP contribution in [0.25, 0.3) is 0 Å². The van der Waals surface area contributed by atoms with Crippen molar-refractivity contribution < 1.29 is 13.9 Å². The van der Waals surface area contributed by atoms with Crippen LogP contribution in [0.1, 0.15) is 37.2 Å². The molecule has 0 radical (unpaired) electrons. The molecule has 1 aromatic rings. The van der Waals surface area contributed by atoms with Gasteiger partial charge in [-0.05, 0) is 24.3 Å². The first-order valence-electron chi connectivity index (χ1n) is 6.89. The maximum absolute atomic E-state index is 13.1. The second kappa shape index (κ2) is 6.44. The van der Waals surface area contributed by atoms with Crippen LogP contribution in [0.4, 0.5) is 8.78 Å². The molecule has 2 nitrogen and oxygen atoms in total. The Morgan fingerprint density at radius 2 is 1.84 bits per heavy atom. The maximum atomic E-state index is 13.1. The first-order valence-corrected chi connectivity index (χ1v) is 6.89. The van der Waals surface area contributed by atoms with E-state index >= 15 is 0 Å². The molecule has 1 fully saturated rings. The molecule has 1 saturated carbocycles. The van der Waals surface area contributed by atoms with Gasteiger partial charge in [-0.3, -0.25) is 0 Å². The summed E-state index contributed by atoms with van der Waals surface area (Å²) in [7, 11) is 0. The Morgan fingerprint density at radius 3 is 2.53 bits per heavy atom. The Kier molecular flexibility index (Phi) is 4.88. The molecule has 2 rings (SSSR count). The van der Waals surface area contributed by atoms with Gasteiger partial charge < -0.3 is 10.4 Å². The van der Waals surface area contributed by atoms with Gasteiger partial charge in [-0.25, -0.2) is 8.78 Å². The Hall–Kier alpha value is -1.00. The standard InChI is InChI=1S/C15H21F2NO/c16-15(17,11-19)10-18-14-9-5-4-8-13(14)12-6-2-1-3-7-12/h1-3,6-7,13-14,18-19H,4-5,8-11H2. The molecule has 1 aromatic carbocycles. The fourth-order valence-electron chi connectivity index (χ4n) is 2.81.